The smallest absolute Gasteiger partial charge is 0.433 e. The van der Waals surface area contributed by atoms with Crippen LogP contribution in [0.4, 0.5) is 38.4 Å². The fraction of sp³-hybridized carbons (Fsp3) is 0.194. The van der Waals surface area contributed by atoms with Crippen molar-refractivity contribution < 1.29 is 77.6 Å². The topological polar surface area (TPSA) is 315 Å². The Bertz CT molecular complexity index is 3200. The van der Waals surface area contributed by atoms with E-state index in [0.717, 1.165) is 17.7 Å². The fourth-order valence-corrected chi connectivity index (χ4v) is 7.54. The Morgan fingerprint density at radius 2 is 1.52 bits per heavy atom. The second-order valence-corrected chi connectivity index (χ2v) is 17.4. The SMILES string of the molecule is COc1cc(OC)nc(NC(=O)NS(=O)(=O)c2nc(C(F)(F)F)ccc2C(=O)O)n1.Cc1nn(-c2cc(NS(C)(=O)=O)c(Cl)cc2Cl)c(=O)n1C(F)F.O=C(O)COc1ccc(Cl)c2cccnc12. The van der Waals surface area contributed by atoms with Crippen LogP contribution in [0.5, 0.6) is 17.5 Å². The molecule has 6 aromatic rings. The number of pyridine rings is 2. The number of halogens is 8. The molecular formula is C36H30Cl3F5N10O13S2. The van der Waals surface area contributed by atoms with Crippen LogP contribution in [-0.4, -0.2) is 106 Å². The lowest BCUT2D eigenvalue weighted by Gasteiger charge is -2.12. The van der Waals surface area contributed by atoms with E-state index < -0.39 is 85.3 Å². The van der Waals surface area contributed by atoms with Crippen molar-refractivity contribution in [3.63, 3.8) is 0 Å². The number of anilines is 2. The molecule has 0 fully saturated rings. The number of carbonyl (C=O) groups excluding carboxylic acids is 1. The number of aliphatic carboxylic acids is 1. The number of hydrogen-bond donors (Lipinski definition) is 5. The summed E-state index contributed by atoms with van der Waals surface area (Å²) < 4.78 is 131. The van der Waals surface area contributed by atoms with Crippen LogP contribution < -0.4 is 34.7 Å². The Labute approximate surface area is 398 Å². The van der Waals surface area contributed by atoms with E-state index in [9.17, 15) is 58.0 Å². The molecule has 4 aromatic heterocycles. The van der Waals surface area contributed by atoms with Crippen molar-refractivity contribution in [2.45, 2.75) is 24.7 Å². The van der Waals surface area contributed by atoms with Gasteiger partial charge in [-0.25, -0.2) is 41.9 Å². The van der Waals surface area contributed by atoms with Gasteiger partial charge in [0, 0.05) is 11.6 Å². The van der Waals surface area contributed by atoms with Gasteiger partial charge in [-0.15, -0.1) is 5.10 Å². The van der Waals surface area contributed by atoms with E-state index in [1.165, 1.54) is 38.0 Å². The number of aromatic carboxylic acids is 1. The third kappa shape index (κ3) is 14.4. The van der Waals surface area contributed by atoms with Crippen molar-refractivity contribution in [1.82, 2.24) is 39.0 Å². The van der Waals surface area contributed by atoms with Gasteiger partial charge < -0.3 is 24.4 Å². The van der Waals surface area contributed by atoms with Crippen molar-refractivity contribution in [2.75, 3.05) is 37.1 Å². The second kappa shape index (κ2) is 22.3. The summed E-state index contributed by atoms with van der Waals surface area (Å²) in [5.41, 5.74) is -3.46. The molecule has 0 aliphatic carbocycles. The van der Waals surface area contributed by atoms with Gasteiger partial charge in [0.25, 0.3) is 10.0 Å². The average molecular weight is 1080 g/mol. The van der Waals surface area contributed by atoms with Crippen LogP contribution in [0.15, 0.2) is 70.6 Å². The zero-order chi connectivity index (χ0) is 51.8. The lowest BCUT2D eigenvalue weighted by atomic mass is 10.2. The van der Waals surface area contributed by atoms with E-state index in [4.69, 9.17) is 59.2 Å². The van der Waals surface area contributed by atoms with E-state index >= 15 is 0 Å². The number of urea groups is 1. The number of alkyl halides is 5. The molecule has 4 heterocycles. The van der Waals surface area contributed by atoms with Gasteiger partial charge in [-0.1, -0.05) is 34.8 Å². The second-order valence-electron chi connectivity index (χ2n) is 12.9. The number of rotatable bonds is 13. The number of carboxylic acids is 2. The van der Waals surface area contributed by atoms with Crippen molar-refractivity contribution in [1.29, 1.82) is 0 Å². The summed E-state index contributed by atoms with van der Waals surface area (Å²) in [5.74, 6) is -3.32. The Morgan fingerprint density at radius 1 is 0.884 bits per heavy atom. The van der Waals surface area contributed by atoms with Gasteiger partial charge in [-0.05, 0) is 55.5 Å². The number of aromatic nitrogens is 7. The number of methoxy groups -OCH3 is 2. The monoisotopic (exact) mass is 1070 g/mol. The summed E-state index contributed by atoms with van der Waals surface area (Å²) in [4.78, 5) is 60.0. The summed E-state index contributed by atoms with van der Waals surface area (Å²) in [5, 5.41) is 22.9. The number of amides is 2. The molecular weight excluding hydrogens is 1050 g/mol. The molecule has 0 spiro atoms. The highest BCUT2D eigenvalue weighted by atomic mass is 35.5. The van der Waals surface area contributed by atoms with Crippen molar-refractivity contribution in [3.8, 4) is 23.2 Å². The van der Waals surface area contributed by atoms with Crippen LogP contribution in [0.2, 0.25) is 15.1 Å². The van der Waals surface area contributed by atoms with Gasteiger partial charge in [0.05, 0.1) is 58.5 Å². The van der Waals surface area contributed by atoms with Crippen LogP contribution in [0.1, 0.15) is 28.4 Å². The number of sulfonamides is 2. The zero-order valence-electron chi connectivity index (χ0n) is 34.9. The maximum absolute atomic E-state index is 12.8. The number of aryl methyl sites for hydroxylation is 1. The van der Waals surface area contributed by atoms with E-state index in [1.807, 2.05) is 5.32 Å². The Kier molecular flexibility index (Phi) is 17.6. The first-order valence-corrected chi connectivity index (χ1v) is 22.5. The number of ether oxygens (including phenoxy) is 3. The number of benzene rings is 2. The predicted octanol–water partition coefficient (Wildman–Crippen LogP) is 5.88. The average Bonchev–Trinajstić information content (AvgIpc) is 3.56. The number of nitrogens with one attached hydrogen (secondary N) is 3. The van der Waals surface area contributed by atoms with Gasteiger partial charge in [-0.3, -0.25) is 15.0 Å². The van der Waals surface area contributed by atoms with Gasteiger partial charge in [0.2, 0.25) is 27.7 Å². The summed E-state index contributed by atoms with van der Waals surface area (Å²) in [6, 6.07) is 9.56. The highest BCUT2D eigenvalue weighted by Crippen LogP contribution is 2.33. The lowest BCUT2D eigenvalue weighted by Crippen LogP contribution is -2.36. The number of hydrogen-bond acceptors (Lipinski definition) is 16. The molecule has 0 atom stereocenters. The van der Waals surface area contributed by atoms with Gasteiger partial charge >= 0.3 is 36.4 Å². The molecule has 2 aromatic carbocycles. The lowest BCUT2D eigenvalue weighted by molar-refractivity contribution is -0.141. The van der Waals surface area contributed by atoms with Gasteiger partial charge in [0.15, 0.2) is 11.6 Å². The summed E-state index contributed by atoms with van der Waals surface area (Å²) in [7, 11) is -6.31. The summed E-state index contributed by atoms with van der Waals surface area (Å²) in [6.07, 6.45) is -2.56. The van der Waals surface area contributed by atoms with E-state index in [1.54, 1.807) is 30.5 Å². The summed E-state index contributed by atoms with van der Waals surface area (Å²) in [6.45, 7) is -2.24. The van der Waals surface area contributed by atoms with Crippen LogP contribution in [0.25, 0.3) is 16.6 Å². The first-order chi connectivity index (χ1) is 32.1. The standard InChI is InChI=1S/C14H12F3N5O7S.C11H10Cl2F2N4O3S.C11H8ClNO3/c1-28-8-5-9(29-2)20-12(19-8)21-13(25)22-30(26,27)10-6(11(23)24)3-4-7(18-10)14(15,16)17;1-5-16-19(11(20)18(5)10(14)15)9-4-8(17-23(2,21)22)6(12)3-7(9)13;12-8-3-4-9(16-6-10(14)15)11-7(8)2-1-5-13-11/h3-5H,1-2H3,(H,23,24)(H2,19,20,21,22,25);3-4,10,17H,1-2H3;1-5H,6H2,(H,14,15). The Hall–Kier alpha value is -7.15. The number of carbonyl (C=O) groups is 3. The maximum atomic E-state index is 12.8. The number of fused-ring (bicyclic) bond motifs is 1. The van der Waals surface area contributed by atoms with E-state index in [2.05, 4.69) is 29.8 Å². The summed E-state index contributed by atoms with van der Waals surface area (Å²) >= 11 is 17.8. The molecule has 6 rings (SSSR count). The van der Waals surface area contributed by atoms with E-state index in [-0.39, 0.29) is 43.6 Å². The molecule has 2 amide bonds. The molecule has 370 valence electrons. The van der Waals surface area contributed by atoms with E-state index in [0.29, 0.717) is 33.1 Å². The minimum absolute atomic E-state index is 0.0257. The van der Waals surface area contributed by atoms with Crippen LogP contribution in [0.3, 0.4) is 0 Å². The maximum Gasteiger partial charge on any atom is 0.433 e. The molecule has 0 saturated carbocycles. The van der Waals surface area contributed by atoms with Crippen molar-refractivity contribution in [3.05, 3.63) is 103 Å². The molecule has 0 radical (unpaired) electrons. The van der Waals surface area contributed by atoms with Crippen molar-refractivity contribution in [2.24, 2.45) is 0 Å². The molecule has 0 bridgehead atoms. The molecule has 0 saturated heterocycles. The van der Waals surface area contributed by atoms with Gasteiger partial charge in [-0.2, -0.15) is 45.0 Å². The predicted molar refractivity (Wildman–Crippen MR) is 233 cm³/mol. The molecule has 23 nitrogen and oxygen atoms in total. The minimum Gasteiger partial charge on any atom is -0.481 e. The Morgan fingerprint density at radius 3 is 2.06 bits per heavy atom. The normalized spacial score (nSPS) is 11.4. The Balaban J connectivity index is 0.000000236. The quantitative estimate of drug-likeness (QED) is 0.0843. The van der Waals surface area contributed by atoms with Gasteiger partial charge in [0.1, 0.15) is 22.8 Å². The number of nitrogens with zero attached hydrogens (tertiary/aromatic N) is 7. The molecule has 5 N–H and O–H groups in total. The fourth-order valence-electron chi connectivity index (χ4n) is 5.14. The molecule has 33 heteroatoms. The first-order valence-electron chi connectivity index (χ1n) is 18.0. The molecule has 0 aliphatic rings. The zero-order valence-corrected chi connectivity index (χ0v) is 38.8. The minimum atomic E-state index is -5.14. The molecule has 0 unspecified atom stereocenters. The highest BCUT2D eigenvalue weighted by molar-refractivity contribution is 7.92. The van der Waals surface area contributed by atoms with Crippen LogP contribution >= 0.6 is 34.8 Å². The van der Waals surface area contributed by atoms with Crippen LogP contribution in [0, 0.1) is 6.92 Å². The molecule has 69 heavy (non-hydrogen) atoms. The first kappa shape index (κ1) is 54.5. The number of carboxylic acid groups (broad SMARTS) is 2. The molecule has 0 aliphatic heterocycles. The van der Waals surface area contributed by atoms with Crippen molar-refractivity contribution >= 4 is 95.4 Å². The highest BCUT2D eigenvalue weighted by Gasteiger charge is 2.36. The largest absolute Gasteiger partial charge is 0.481 e. The third-order valence-electron chi connectivity index (χ3n) is 7.95. The van der Waals surface area contributed by atoms with Crippen LogP contribution in [-0.2, 0) is 31.0 Å². The third-order valence-corrected chi connectivity index (χ3v) is 10.8.